The maximum absolute atomic E-state index is 13.6. The van der Waals surface area contributed by atoms with Gasteiger partial charge in [0.15, 0.2) is 9.84 Å². The molecule has 0 saturated carbocycles. The number of sulfone groups is 1. The number of carbonyl (C=O) groups excluding carboxylic acids is 2. The van der Waals surface area contributed by atoms with E-state index in [1.807, 2.05) is 48.5 Å². The number of amides is 3. The van der Waals surface area contributed by atoms with Crippen molar-refractivity contribution >= 4 is 27.7 Å². The predicted molar refractivity (Wildman–Crippen MR) is 183 cm³/mol. The van der Waals surface area contributed by atoms with Crippen molar-refractivity contribution in [2.75, 3.05) is 6.26 Å². The molecule has 0 radical (unpaired) electrons. The molecule has 6 atom stereocenters. The Morgan fingerprint density at radius 2 is 1.42 bits per heavy atom. The van der Waals surface area contributed by atoms with E-state index in [2.05, 4.69) is 20.9 Å². The van der Waals surface area contributed by atoms with Crippen molar-refractivity contribution in [3.8, 4) is 11.3 Å². The number of aliphatic hydroxyl groups excluding tert-OH is 2. The second-order valence-electron chi connectivity index (χ2n) is 13.2. The van der Waals surface area contributed by atoms with Crippen molar-refractivity contribution in [1.29, 1.82) is 0 Å². The fourth-order valence-electron chi connectivity index (χ4n) is 5.23. The van der Waals surface area contributed by atoms with Crippen LogP contribution in [0.3, 0.4) is 0 Å². The maximum Gasteiger partial charge on any atom is 0.405 e. The summed E-state index contributed by atoms with van der Waals surface area (Å²) in [4.78, 5) is 42.6. The summed E-state index contributed by atoms with van der Waals surface area (Å²) in [6.07, 6.45) is -1.61. The van der Waals surface area contributed by atoms with Crippen molar-refractivity contribution < 1.29 is 38.1 Å². The molecule has 260 valence electrons. The van der Waals surface area contributed by atoms with Crippen LogP contribution in [0.2, 0.25) is 0 Å². The number of nitrogens with zero attached hydrogens (tertiary/aromatic N) is 1. The number of carbonyl (C=O) groups is 3. The molecule has 0 spiro atoms. The van der Waals surface area contributed by atoms with E-state index in [-0.39, 0.29) is 19.3 Å². The van der Waals surface area contributed by atoms with Gasteiger partial charge in [-0.25, -0.2) is 13.2 Å². The highest BCUT2D eigenvalue weighted by Crippen LogP contribution is 2.22. The highest BCUT2D eigenvalue weighted by atomic mass is 32.2. The van der Waals surface area contributed by atoms with Gasteiger partial charge in [0, 0.05) is 24.1 Å². The Balaban J connectivity index is 1.92. The number of hydrogen-bond acceptors (Lipinski definition) is 8. The largest absolute Gasteiger partial charge is 0.465 e. The molecule has 0 fully saturated rings. The van der Waals surface area contributed by atoms with Crippen molar-refractivity contribution in [3.63, 3.8) is 0 Å². The number of aliphatic hydroxyl groups is 2. The molecule has 0 aliphatic carbocycles. The molecular weight excluding hydrogens is 636 g/mol. The molecule has 1 aromatic heterocycles. The fourth-order valence-corrected chi connectivity index (χ4v) is 5.82. The topological polar surface area (TPSA) is 195 Å². The van der Waals surface area contributed by atoms with Crippen LogP contribution in [0.1, 0.15) is 45.2 Å². The Labute approximate surface area is 281 Å². The fraction of sp³-hybridized carbons (Fsp3) is 0.429. The summed E-state index contributed by atoms with van der Waals surface area (Å²) in [5.74, 6) is -1.55. The molecule has 13 heteroatoms. The van der Waals surface area contributed by atoms with Gasteiger partial charge in [-0.05, 0) is 54.9 Å². The molecule has 6 N–H and O–H groups in total. The smallest absolute Gasteiger partial charge is 0.405 e. The van der Waals surface area contributed by atoms with Crippen molar-refractivity contribution in [1.82, 2.24) is 20.9 Å². The highest BCUT2D eigenvalue weighted by Gasteiger charge is 2.36. The molecular formula is C35H46N4O8S. The SMILES string of the molecule is CC([C@H](O)C(=O)N[C@@H](Cc1ccccc1)[C@@H](O)C[C@H](Cc1ccc(-c2ccccn2)cc1)NC(=O)[C@@H](NC(=O)O)C(C)(C)C)S(C)(=O)=O. The molecule has 1 heterocycles. The zero-order valence-electron chi connectivity index (χ0n) is 27.8. The second-order valence-corrected chi connectivity index (χ2v) is 15.6. The number of hydrogen-bond donors (Lipinski definition) is 6. The highest BCUT2D eigenvalue weighted by molar-refractivity contribution is 7.91. The van der Waals surface area contributed by atoms with Crippen LogP contribution in [-0.2, 0) is 32.3 Å². The summed E-state index contributed by atoms with van der Waals surface area (Å²) in [6, 6.07) is 19.3. The van der Waals surface area contributed by atoms with Gasteiger partial charge < -0.3 is 31.3 Å². The quantitative estimate of drug-likeness (QED) is 0.140. The van der Waals surface area contributed by atoms with Gasteiger partial charge in [-0.2, -0.15) is 0 Å². The number of aromatic nitrogens is 1. The van der Waals surface area contributed by atoms with E-state index in [0.717, 1.165) is 28.6 Å². The normalized spacial score (nSPS) is 15.6. The van der Waals surface area contributed by atoms with E-state index >= 15 is 0 Å². The minimum Gasteiger partial charge on any atom is -0.465 e. The Bertz CT molecular complexity index is 1610. The number of rotatable bonds is 15. The van der Waals surface area contributed by atoms with Crippen LogP contribution in [-0.4, -0.2) is 88.5 Å². The lowest BCUT2D eigenvalue weighted by Gasteiger charge is -2.33. The molecule has 0 bridgehead atoms. The van der Waals surface area contributed by atoms with Crippen LogP contribution in [0.25, 0.3) is 11.3 Å². The molecule has 0 aliphatic heterocycles. The van der Waals surface area contributed by atoms with Crippen molar-refractivity contribution in [2.24, 2.45) is 5.41 Å². The standard InChI is InChI=1S/C35H46N4O8S/c1-22(48(5,46)47)30(41)32(42)38-28(20-23-11-7-6-8-12-23)29(40)21-26(37-33(43)31(35(2,3)4)39-34(44)45)19-24-14-16-25(17-15-24)27-13-9-10-18-36-27/h6-18,22,26,28-31,39-41H,19-21H2,1-5H3,(H,37,43)(H,38,42)(H,44,45)/t22?,26-,28-,29-,30-,31+/m0/s1. The molecule has 0 aliphatic rings. The van der Waals surface area contributed by atoms with E-state index in [1.165, 1.54) is 6.92 Å². The first-order valence-electron chi connectivity index (χ1n) is 15.6. The monoisotopic (exact) mass is 682 g/mol. The third-order valence-electron chi connectivity index (χ3n) is 8.14. The molecule has 12 nitrogen and oxygen atoms in total. The van der Waals surface area contributed by atoms with E-state index in [1.54, 1.807) is 51.2 Å². The van der Waals surface area contributed by atoms with E-state index in [9.17, 15) is 38.1 Å². The van der Waals surface area contributed by atoms with Gasteiger partial charge in [-0.1, -0.05) is 81.4 Å². The molecule has 1 unspecified atom stereocenters. The van der Waals surface area contributed by atoms with Crippen molar-refractivity contribution in [2.45, 2.75) is 82.5 Å². The summed E-state index contributed by atoms with van der Waals surface area (Å²) < 4.78 is 24.1. The van der Waals surface area contributed by atoms with Crippen LogP contribution in [0.15, 0.2) is 79.0 Å². The maximum atomic E-state index is 13.6. The zero-order chi connectivity index (χ0) is 35.6. The van der Waals surface area contributed by atoms with Gasteiger partial charge in [-0.3, -0.25) is 14.6 Å². The van der Waals surface area contributed by atoms with Crippen LogP contribution >= 0.6 is 0 Å². The van der Waals surface area contributed by atoms with E-state index in [4.69, 9.17) is 0 Å². The minimum absolute atomic E-state index is 0.0762. The van der Waals surface area contributed by atoms with Gasteiger partial charge in [0.25, 0.3) is 5.91 Å². The van der Waals surface area contributed by atoms with Crippen LogP contribution in [0, 0.1) is 5.41 Å². The Morgan fingerprint density at radius 3 is 1.96 bits per heavy atom. The number of carboxylic acid groups (broad SMARTS) is 1. The molecule has 3 amide bonds. The number of nitrogens with one attached hydrogen (secondary N) is 3. The third-order valence-corrected chi connectivity index (χ3v) is 9.75. The van der Waals surface area contributed by atoms with Gasteiger partial charge in [0.2, 0.25) is 5.91 Å². The van der Waals surface area contributed by atoms with Crippen LogP contribution < -0.4 is 16.0 Å². The molecule has 3 aromatic rings. The van der Waals surface area contributed by atoms with E-state index in [0.29, 0.717) is 0 Å². The first kappa shape index (κ1) is 38.1. The summed E-state index contributed by atoms with van der Waals surface area (Å²) in [7, 11) is -3.75. The third kappa shape index (κ3) is 11.4. The number of pyridine rings is 1. The average molecular weight is 683 g/mol. The van der Waals surface area contributed by atoms with Crippen molar-refractivity contribution in [3.05, 3.63) is 90.1 Å². The second kappa shape index (κ2) is 16.7. The predicted octanol–water partition coefficient (Wildman–Crippen LogP) is 2.73. The molecule has 0 saturated heterocycles. The Morgan fingerprint density at radius 1 is 0.812 bits per heavy atom. The lowest BCUT2D eigenvalue weighted by molar-refractivity contribution is -0.131. The Hall–Kier alpha value is -4.33. The van der Waals surface area contributed by atoms with Gasteiger partial charge in [0.05, 0.1) is 23.1 Å². The lowest BCUT2D eigenvalue weighted by Crippen LogP contribution is -2.57. The van der Waals surface area contributed by atoms with E-state index < -0.39 is 68.7 Å². The first-order valence-corrected chi connectivity index (χ1v) is 17.6. The summed E-state index contributed by atoms with van der Waals surface area (Å²) >= 11 is 0. The summed E-state index contributed by atoms with van der Waals surface area (Å²) in [5.41, 5.74) is 2.45. The molecule has 3 rings (SSSR count). The lowest BCUT2D eigenvalue weighted by atomic mass is 9.85. The van der Waals surface area contributed by atoms with Gasteiger partial charge >= 0.3 is 6.09 Å². The number of benzene rings is 2. The summed E-state index contributed by atoms with van der Waals surface area (Å²) in [6.45, 7) is 6.40. The molecule has 48 heavy (non-hydrogen) atoms. The summed E-state index contributed by atoms with van der Waals surface area (Å²) in [5, 5.41) is 38.0. The first-order chi connectivity index (χ1) is 22.5. The molecule has 2 aromatic carbocycles. The zero-order valence-corrected chi connectivity index (χ0v) is 28.6. The van der Waals surface area contributed by atoms with Crippen LogP contribution in [0.5, 0.6) is 0 Å². The average Bonchev–Trinajstić information content (AvgIpc) is 3.02. The van der Waals surface area contributed by atoms with Gasteiger partial charge in [0.1, 0.15) is 12.1 Å². The van der Waals surface area contributed by atoms with Crippen LogP contribution in [0.4, 0.5) is 4.79 Å². The minimum atomic E-state index is -3.75. The Kier molecular flexibility index (Phi) is 13.2. The van der Waals surface area contributed by atoms with Gasteiger partial charge in [-0.15, -0.1) is 0 Å².